The molecule has 190 valence electrons. The van der Waals surface area contributed by atoms with E-state index < -0.39 is 0 Å². The van der Waals surface area contributed by atoms with Crippen molar-refractivity contribution in [2.75, 3.05) is 13.2 Å². The minimum atomic E-state index is 0.323. The second-order valence-electron chi connectivity index (χ2n) is 15.2. The molecular formula is C33H46O2. The van der Waals surface area contributed by atoms with Crippen LogP contribution in [-0.4, -0.2) is 19.3 Å². The van der Waals surface area contributed by atoms with Gasteiger partial charge in [-0.15, -0.1) is 0 Å². The highest BCUT2D eigenvalue weighted by molar-refractivity contribution is 5.58. The van der Waals surface area contributed by atoms with Crippen molar-refractivity contribution >= 4 is 0 Å². The molecule has 8 saturated carbocycles. The van der Waals surface area contributed by atoms with E-state index in [1.165, 1.54) is 88.4 Å². The van der Waals surface area contributed by atoms with Crippen LogP contribution in [0.15, 0.2) is 6.07 Å². The first-order valence-corrected chi connectivity index (χ1v) is 15.3. The molecule has 35 heavy (non-hydrogen) atoms. The third kappa shape index (κ3) is 3.37. The van der Waals surface area contributed by atoms with Crippen LogP contribution >= 0.6 is 0 Å². The SMILES string of the molecule is Cc1c(C23CC4CC(CC(C4)C2)C3)cc(C(C)C)c(C23CC4CC(CC(C4)C2)C3)c1OCC1CO1. The van der Waals surface area contributed by atoms with E-state index in [2.05, 4.69) is 26.8 Å². The van der Waals surface area contributed by atoms with Gasteiger partial charge in [0, 0.05) is 11.0 Å². The van der Waals surface area contributed by atoms with Gasteiger partial charge in [0.1, 0.15) is 18.5 Å². The Morgan fingerprint density at radius 1 is 0.800 bits per heavy atom. The van der Waals surface area contributed by atoms with Gasteiger partial charge in [0.2, 0.25) is 0 Å². The summed E-state index contributed by atoms with van der Waals surface area (Å²) in [4.78, 5) is 0. The van der Waals surface area contributed by atoms with Gasteiger partial charge in [0.05, 0.1) is 6.61 Å². The van der Waals surface area contributed by atoms with Crippen molar-refractivity contribution in [1.29, 1.82) is 0 Å². The van der Waals surface area contributed by atoms with Crippen LogP contribution in [0.5, 0.6) is 5.75 Å². The van der Waals surface area contributed by atoms with Gasteiger partial charge in [-0.1, -0.05) is 19.9 Å². The quantitative estimate of drug-likeness (QED) is 0.392. The fourth-order valence-corrected chi connectivity index (χ4v) is 11.7. The van der Waals surface area contributed by atoms with Gasteiger partial charge in [-0.05, 0) is 148 Å². The van der Waals surface area contributed by atoms with E-state index in [9.17, 15) is 0 Å². The lowest BCUT2D eigenvalue weighted by atomic mass is 9.46. The number of benzene rings is 1. The Labute approximate surface area is 212 Å². The number of hydrogen-bond acceptors (Lipinski definition) is 2. The lowest BCUT2D eigenvalue weighted by molar-refractivity contribution is -0.00874. The number of epoxide rings is 1. The maximum atomic E-state index is 6.95. The molecule has 1 atom stereocenters. The summed E-state index contributed by atoms with van der Waals surface area (Å²) in [6, 6.07) is 2.78. The van der Waals surface area contributed by atoms with Crippen LogP contribution in [0.3, 0.4) is 0 Å². The summed E-state index contributed by atoms with van der Waals surface area (Å²) in [5.41, 5.74) is 7.38. The molecule has 1 aromatic carbocycles. The van der Waals surface area contributed by atoms with Crippen molar-refractivity contribution in [3.8, 4) is 5.75 Å². The Balaban J connectivity index is 1.30. The molecule has 0 aromatic heterocycles. The first-order chi connectivity index (χ1) is 16.9. The summed E-state index contributed by atoms with van der Waals surface area (Å²) in [7, 11) is 0. The zero-order valence-corrected chi connectivity index (χ0v) is 22.4. The molecule has 1 saturated heterocycles. The Bertz CT molecular complexity index is 959. The lowest BCUT2D eigenvalue weighted by Crippen LogP contribution is -2.50. The van der Waals surface area contributed by atoms with Crippen molar-refractivity contribution in [3.05, 3.63) is 28.3 Å². The Hall–Kier alpha value is -1.02. The van der Waals surface area contributed by atoms with E-state index >= 15 is 0 Å². The number of ether oxygens (including phenoxy) is 2. The van der Waals surface area contributed by atoms with Crippen molar-refractivity contribution in [2.45, 2.75) is 121 Å². The Morgan fingerprint density at radius 2 is 1.26 bits per heavy atom. The van der Waals surface area contributed by atoms with Crippen LogP contribution in [0.4, 0.5) is 0 Å². The van der Waals surface area contributed by atoms with Gasteiger partial charge < -0.3 is 9.47 Å². The summed E-state index contributed by atoms with van der Waals surface area (Å²) < 4.78 is 12.6. The van der Waals surface area contributed by atoms with Gasteiger partial charge in [-0.3, -0.25) is 0 Å². The van der Waals surface area contributed by atoms with Gasteiger partial charge >= 0.3 is 0 Å². The van der Waals surface area contributed by atoms with Crippen LogP contribution in [0.25, 0.3) is 0 Å². The van der Waals surface area contributed by atoms with Crippen LogP contribution in [-0.2, 0) is 15.6 Å². The molecule has 0 spiro atoms. The van der Waals surface area contributed by atoms with Crippen molar-refractivity contribution in [3.63, 3.8) is 0 Å². The highest BCUT2D eigenvalue weighted by Crippen LogP contribution is 2.65. The van der Waals surface area contributed by atoms with E-state index in [1.54, 1.807) is 16.7 Å². The van der Waals surface area contributed by atoms with Crippen LogP contribution in [0.2, 0.25) is 0 Å². The summed E-state index contributed by atoms with van der Waals surface area (Å²) in [6.07, 6.45) is 18.0. The monoisotopic (exact) mass is 474 g/mol. The summed E-state index contributed by atoms with van der Waals surface area (Å²) >= 11 is 0. The van der Waals surface area contributed by atoms with E-state index in [0.29, 0.717) is 22.9 Å². The predicted octanol–water partition coefficient (Wildman–Crippen LogP) is 7.83. The predicted molar refractivity (Wildman–Crippen MR) is 140 cm³/mol. The minimum absolute atomic E-state index is 0.323. The Morgan fingerprint density at radius 3 is 1.69 bits per heavy atom. The molecule has 8 aliphatic carbocycles. The molecule has 0 amide bonds. The fraction of sp³-hybridized carbons (Fsp3) is 0.818. The standard InChI is InChI=1S/C33H46O2/c1-19(2)28-10-29(32-11-21-4-22(12-32)6-23(5-21)13-32)20(3)31(35-18-27-17-34-27)30(28)33-14-24-7-25(15-33)9-26(8-24)16-33/h10,19,21-27H,4-9,11-18H2,1-3H3. The minimum Gasteiger partial charge on any atom is -0.490 e. The third-order valence-electron chi connectivity index (χ3n) is 12.2. The summed E-state index contributed by atoms with van der Waals surface area (Å²) in [5, 5.41) is 0. The van der Waals surface area contributed by atoms with Crippen LogP contribution in [0, 0.1) is 42.4 Å². The molecule has 9 aliphatic rings. The Kier molecular flexibility index (Phi) is 4.73. The summed E-state index contributed by atoms with van der Waals surface area (Å²) in [5.74, 6) is 7.72. The third-order valence-corrected chi connectivity index (χ3v) is 12.2. The van der Waals surface area contributed by atoms with Crippen LogP contribution < -0.4 is 4.74 Å². The van der Waals surface area contributed by atoms with Gasteiger partial charge in [-0.2, -0.15) is 0 Å². The lowest BCUT2D eigenvalue weighted by Gasteiger charge is -2.59. The molecule has 1 aromatic rings. The maximum Gasteiger partial charge on any atom is 0.126 e. The molecular weight excluding hydrogens is 428 g/mol. The second kappa shape index (κ2) is 7.52. The molecule has 9 fully saturated rings. The first kappa shape index (κ1) is 22.0. The molecule has 10 rings (SSSR count). The molecule has 0 N–H and O–H groups in total. The van der Waals surface area contributed by atoms with Gasteiger partial charge in [-0.25, -0.2) is 0 Å². The van der Waals surface area contributed by atoms with Crippen molar-refractivity contribution in [1.82, 2.24) is 0 Å². The highest BCUT2D eigenvalue weighted by Gasteiger charge is 2.56. The van der Waals surface area contributed by atoms with Crippen molar-refractivity contribution in [2.24, 2.45) is 35.5 Å². The molecule has 1 heterocycles. The van der Waals surface area contributed by atoms with Gasteiger partial charge in [0.25, 0.3) is 0 Å². The summed E-state index contributed by atoms with van der Waals surface area (Å²) in [6.45, 7) is 9.03. The largest absolute Gasteiger partial charge is 0.490 e. The molecule has 2 nitrogen and oxygen atoms in total. The molecule has 1 unspecified atom stereocenters. The van der Waals surface area contributed by atoms with Gasteiger partial charge in [0.15, 0.2) is 0 Å². The maximum absolute atomic E-state index is 6.95. The van der Waals surface area contributed by atoms with E-state index in [-0.39, 0.29) is 0 Å². The van der Waals surface area contributed by atoms with Crippen molar-refractivity contribution < 1.29 is 9.47 Å². The zero-order valence-electron chi connectivity index (χ0n) is 22.4. The molecule has 8 bridgehead atoms. The molecule has 2 heteroatoms. The average molecular weight is 475 g/mol. The van der Waals surface area contributed by atoms with E-state index in [4.69, 9.17) is 9.47 Å². The average Bonchev–Trinajstić information content (AvgIpc) is 3.60. The highest BCUT2D eigenvalue weighted by atomic mass is 16.6. The fourth-order valence-electron chi connectivity index (χ4n) is 11.7. The molecule has 1 aliphatic heterocycles. The first-order valence-electron chi connectivity index (χ1n) is 15.3. The van der Waals surface area contributed by atoms with E-state index in [1.807, 2.05) is 0 Å². The smallest absolute Gasteiger partial charge is 0.126 e. The van der Waals surface area contributed by atoms with Crippen LogP contribution in [0.1, 0.15) is 119 Å². The zero-order chi connectivity index (χ0) is 23.5. The topological polar surface area (TPSA) is 21.8 Å². The normalized spacial score (nSPS) is 46.6. The number of hydrogen-bond donors (Lipinski definition) is 0. The second-order valence-corrected chi connectivity index (χ2v) is 15.2. The molecule has 0 radical (unpaired) electrons. The van der Waals surface area contributed by atoms with E-state index in [0.717, 1.165) is 48.7 Å². The number of rotatable bonds is 6.